The van der Waals surface area contributed by atoms with E-state index < -0.39 is 0 Å². The number of aromatic nitrogens is 3. The van der Waals surface area contributed by atoms with E-state index >= 15 is 0 Å². The lowest BCUT2D eigenvalue weighted by molar-refractivity contribution is 0.415. The SMILES string of the molecule is COc1ccc(-c2nn(Cc3ccccc3)cc2-c2nc3cc(Cl)ccc3o2)cc1. The van der Waals surface area contributed by atoms with Gasteiger partial charge in [0.15, 0.2) is 5.58 Å². The highest BCUT2D eigenvalue weighted by Crippen LogP contribution is 2.34. The van der Waals surface area contributed by atoms with E-state index in [-0.39, 0.29) is 0 Å². The van der Waals surface area contributed by atoms with Crippen molar-refractivity contribution in [2.24, 2.45) is 0 Å². The number of benzene rings is 3. The number of oxazole rings is 1. The molecule has 0 aliphatic heterocycles. The molecule has 0 fully saturated rings. The van der Waals surface area contributed by atoms with Crippen LogP contribution in [-0.4, -0.2) is 21.9 Å². The van der Waals surface area contributed by atoms with Gasteiger partial charge in [-0.05, 0) is 48.0 Å². The van der Waals surface area contributed by atoms with Gasteiger partial charge in [0.25, 0.3) is 0 Å². The Labute approximate surface area is 178 Å². The Bertz CT molecular complexity index is 1310. The smallest absolute Gasteiger partial charge is 0.231 e. The van der Waals surface area contributed by atoms with Crippen LogP contribution in [0, 0.1) is 0 Å². The molecule has 0 spiro atoms. The van der Waals surface area contributed by atoms with E-state index in [9.17, 15) is 0 Å². The minimum Gasteiger partial charge on any atom is -0.497 e. The van der Waals surface area contributed by atoms with E-state index in [1.54, 1.807) is 19.2 Å². The second-order valence-electron chi connectivity index (χ2n) is 6.93. The molecule has 148 valence electrons. The molecule has 0 saturated heterocycles. The van der Waals surface area contributed by atoms with Crippen molar-refractivity contribution in [1.29, 1.82) is 0 Å². The average molecular weight is 416 g/mol. The third kappa shape index (κ3) is 3.55. The van der Waals surface area contributed by atoms with Crippen LogP contribution in [0.1, 0.15) is 5.56 Å². The zero-order valence-electron chi connectivity index (χ0n) is 16.2. The lowest BCUT2D eigenvalue weighted by Gasteiger charge is -2.03. The van der Waals surface area contributed by atoms with E-state index in [0.29, 0.717) is 28.6 Å². The summed E-state index contributed by atoms with van der Waals surface area (Å²) >= 11 is 6.11. The molecule has 0 saturated carbocycles. The summed E-state index contributed by atoms with van der Waals surface area (Å²) in [7, 11) is 1.65. The quantitative estimate of drug-likeness (QED) is 0.349. The molecule has 0 aliphatic rings. The Morgan fingerprint density at radius 2 is 1.80 bits per heavy atom. The molecule has 0 unspecified atom stereocenters. The number of rotatable bonds is 5. The van der Waals surface area contributed by atoms with Crippen LogP contribution in [0.5, 0.6) is 5.75 Å². The number of methoxy groups -OCH3 is 1. The van der Waals surface area contributed by atoms with Gasteiger partial charge in [-0.2, -0.15) is 5.10 Å². The molecule has 30 heavy (non-hydrogen) atoms. The van der Waals surface area contributed by atoms with Crippen molar-refractivity contribution in [2.45, 2.75) is 6.54 Å². The zero-order valence-corrected chi connectivity index (χ0v) is 17.0. The van der Waals surface area contributed by atoms with Crippen LogP contribution in [0.25, 0.3) is 33.8 Å². The van der Waals surface area contributed by atoms with Gasteiger partial charge in [-0.15, -0.1) is 0 Å². The summed E-state index contributed by atoms with van der Waals surface area (Å²) in [6, 6.07) is 23.4. The highest BCUT2D eigenvalue weighted by molar-refractivity contribution is 6.31. The van der Waals surface area contributed by atoms with Crippen LogP contribution in [0.2, 0.25) is 5.02 Å². The third-order valence-corrected chi connectivity index (χ3v) is 5.13. The molecule has 3 aromatic carbocycles. The summed E-state index contributed by atoms with van der Waals surface area (Å²) < 4.78 is 13.2. The second-order valence-corrected chi connectivity index (χ2v) is 7.37. The normalized spacial score (nSPS) is 11.1. The van der Waals surface area contributed by atoms with Crippen LogP contribution < -0.4 is 4.74 Å². The molecule has 0 atom stereocenters. The number of ether oxygens (including phenoxy) is 1. The summed E-state index contributed by atoms with van der Waals surface area (Å²) in [4.78, 5) is 4.65. The first-order chi connectivity index (χ1) is 14.7. The Morgan fingerprint density at radius 1 is 1.00 bits per heavy atom. The van der Waals surface area contributed by atoms with Crippen molar-refractivity contribution in [3.63, 3.8) is 0 Å². The molecule has 0 N–H and O–H groups in total. The Balaban J connectivity index is 1.62. The number of fused-ring (bicyclic) bond motifs is 1. The van der Waals surface area contributed by atoms with Crippen molar-refractivity contribution in [2.75, 3.05) is 7.11 Å². The summed E-state index contributed by atoms with van der Waals surface area (Å²) in [5, 5.41) is 5.47. The van der Waals surface area contributed by atoms with Crippen LogP contribution in [0.3, 0.4) is 0 Å². The fourth-order valence-corrected chi connectivity index (χ4v) is 3.57. The van der Waals surface area contributed by atoms with Crippen LogP contribution in [-0.2, 0) is 6.54 Å². The van der Waals surface area contributed by atoms with Gasteiger partial charge in [0.05, 0.1) is 19.2 Å². The van der Waals surface area contributed by atoms with E-state index in [4.69, 9.17) is 25.9 Å². The van der Waals surface area contributed by atoms with Gasteiger partial charge in [-0.25, -0.2) is 4.98 Å². The molecule has 6 heteroatoms. The molecular weight excluding hydrogens is 398 g/mol. The van der Waals surface area contributed by atoms with Crippen molar-refractivity contribution < 1.29 is 9.15 Å². The molecule has 5 rings (SSSR count). The summed E-state index contributed by atoms with van der Waals surface area (Å²) in [5.41, 5.74) is 5.14. The van der Waals surface area contributed by atoms with Crippen molar-refractivity contribution >= 4 is 22.7 Å². The highest BCUT2D eigenvalue weighted by atomic mass is 35.5. The molecule has 0 aliphatic carbocycles. The van der Waals surface area contributed by atoms with E-state index in [1.807, 2.05) is 59.4 Å². The van der Waals surface area contributed by atoms with Crippen molar-refractivity contribution in [3.8, 4) is 28.5 Å². The predicted octanol–water partition coefficient (Wildman–Crippen LogP) is 6.07. The lowest BCUT2D eigenvalue weighted by atomic mass is 10.1. The number of nitrogens with zero attached hydrogens (tertiary/aromatic N) is 3. The summed E-state index contributed by atoms with van der Waals surface area (Å²) in [5.74, 6) is 1.30. The van der Waals surface area contributed by atoms with Gasteiger partial charge < -0.3 is 9.15 Å². The predicted molar refractivity (Wildman–Crippen MR) is 118 cm³/mol. The Hall–Kier alpha value is -3.57. The Morgan fingerprint density at radius 3 is 2.57 bits per heavy atom. The van der Waals surface area contributed by atoms with Crippen molar-refractivity contribution in [1.82, 2.24) is 14.8 Å². The average Bonchev–Trinajstić information content (AvgIpc) is 3.38. The fourth-order valence-electron chi connectivity index (χ4n) is 3.41. The molecule has 5 nitrogen and oxygen atoms in total. The minimum absolute atomic E-state index is 0.511. The van der Waals surface area contributed by atoms with E-state index in [2.05, 4.69) is 17.1 Å². The molecule has 0 amide bonds. The monoisotopic (exact) mass is 415 g/mol. The van der Waals surface area contributed by atoms with Gasteiger partial charge >= 0.3 is 0 Å². The number of halogens is 1. The molecule has 0 radical (unpaired) electrons. The molecule has 2 aromatic heterocycles. The standard InChI is InChI=1S/C24H18ClN3O2/c1-29-19-10-7-17(8-11-19)23-20(15-28(27-23)14-16-5-3-2-4-6-16)24-26-21-13-18(25)9-12-22(21)30-24/h2-13,15H,14H2,1H3. The first kappa shape index (κ1) is 18.5. The number of hydrogen-bond donors (Lipinski definition) is 0. The van der Waals surface area contributed by atoms with Crippen LogP contribution in [0.4, 0.5) is 0 Å². The maximum Gasteiger partial charge on any atom is 0.231 e. The van der Waals surface area contributed by atoms with Gasteiger partial charge in [0.2, 0.25) is 5.89 Å². The maximum absolute atomic E-state index is 6.11. The van der Waals surface area contributed by atoms with Crippen molar-refractivity contribution in [3.05, 3.63) is 89.6 Å². The van der Waals surface area contributed by atoms with Crippen LogP contribution in [0.15, 0.2) is 83.4 Å². The largest absolute Gasteiger partial charge is 0.497 e. The number of hydrogen-bond acceptors (Lipinski definition) is 4. The Kier molecular flexibility index (Phi) is 4.73. The second kappa shape index (κ2) is 7.69. The molecule has 5 aromatic rings. The summed E-state index contributed by atoms with van der Waals surface area (Å²) in [6.45, 7) is 0.649. The van der Waals surface area contributed by atoms with E-state index in [1.165, 1.54) is 0 Å². The first-order valence-corrected chi connectivity index (χ1v) is 9.90. The van der Waals surface area contributed by atoms with E-state index in [0.717, 1.165) is 28.1 Å². The fraction of sp³-hybridized carbons (Fsp3) is 0.0833. The lowest BCUT2D eigenvalue weighted by Crippen LogP contribution is -2.00. The van der Waals surface area contributed by atoms with Gasteiger partial charge in [0, 0.05) is 16.8 Å². The molecule has 0 bridgehead atoms. The van der Waals surface area contributed by atoms with Gasteiger partial charge in [-0.1, -0.05) is 41.9 Å². The zero-order chi connectivity index (χ0) is 20.5. The molecular formula is C24H18ClN3O2. The topological polar surface area (TPSA) is 53.1 Å². The first-order valence-electron chi connectivity index (χ1n) is 9.52. The highest BCUT2D eigenvalue weighted by Gasteiger charge is 2.19. The maximum atomic E-state index is 6.11. The molecule has 2 heterocycles. The third-order valence-electron chi connectivity index (χ3n) is 4.89. The van der Waals surface area contributed by atoms with Gasteiger partial charge in [0.1, 0.15) is 17.0 Å². The summed E-state index contributed by atoms with van der Waals surface area (Å²) in [6.07, 6.45) is 1.97. The van der Waals surface area contributed by atoms with Crippen LogP contribution >= 0.6 is 11.6 Å². The van der Waals surface area contributed by atoms with Gasteiger partial charge in [-0.3, -0.25) is 4.68 Å². The minimum atomic E-state index is 0.511.